The zero-order valence-electron chi connectivity index (χ0n) is 8.35. The van der Waals surface area contributed by atoms with Gasteiger partial charge in [-0.1, -0.05) is 0 Å². The smallest absolute Gasteiger partial charge is 0.314 e. The first-order valence-corrected chi connectivity index (χ1v) is 4.98. The number of piperidine rings is 1. The van der Waals surface area contributed by atoms with Gasteiger partial charge in [-0.15, -0.1) is 0 Å². The molecule has 0 bridgehead atoms. The fourth-order valence-corrected chi connectivity index (χ4v) is 2.58. The number of esters is 1. The van der Waals surface area contributed by atoms with Crippen LogP contribution in [-0.4, -0.2) is 24.7 Å². The van der Waals surface area contributed by atoms with Crippen LogP contribution < -0.4 is 5.32 Å². The fraction of sp³-hybridized carbons (Fsp3) is 0.900. The number of ether oxygens (including phenoxy) is 1. The van der Waals surface area contributed by atoms with Gasteiger partial charge in [-0.25, -0.2) is 0 Å². The molecule has 13 heavy (non-hydrogen) atoms. The largest absolute Gasteiger partial charge is 0.459 e. The molecule has 74 valence electrons. The topological polar surface area (TPSA) is 38.3 Å². The summed E-state index contributed by atoms with van der Waals surface area (Å²) in [5.74, 6) is 0.00435. The zero-order valence-corrected chi connectivity index (χ0v) is 8.35. The molecule has 0 amide bonds. The summed E-state index contributed by atoms with van der Waals surface area (Å²) in [4.78, 5) is 11.7. The van der Waals surface area contributed by atoms with Crippen molar-refractivity contribution in [3.63, 3.8) is 0 Å². The second-order valence-electron chi connectivity index (χ2n) is 4.89. The Kier molecular flexibility index (Phi) is 1.88. The van der Waals surface area contributed by atoms with E-state index in [1.54, 1.807) is 0 Å². The molecule has 0 aromatic carbocycles. The van der Waals surface area contributed by atoms with E-state index in [0.29, 0.717) is 0 Å². The molecule has 3 nitrogen and oxygen atoms in total. The minimum Gasteiger partial charge on any atom is -0.459 e. The van der Waals surface area contributed by atoms with Crippen LogP contribution in [-0.2, 0) is 9.53 Å². The second kappa shape index (κ2) is 2.71. The first-order valence-electron chi connectivity index (χ1n) is 4.98. The van der Waals surface area contributed by atoms with E-state index < -0.39 is 0 Å². The molecule has 0 saturated carbocycles. The van der Waals surface area contributed by atoms with Crippen molar-refractivity contribution in [1.29, 1.82) is 0 Å². The quantitative estimate of drug-likeness (QED) is 0.571. The average molecular weight is 183 g/mol. The van der Waals surface area contributed by atoms with Gasteiger partial charge in [-0.2, -0.15) is 0 Å². The highest BCUT2D eigenvalue weighted by atomic mass is 16.6. The van der Waals surface area contributed by atoms with Crippen LogP contribution in [0.15, 0.2) is 0 Å². The molecular formula is C10H17NO2. The van der Waals surface area contributed by atoms with Gasteiger partial charge in [0.2, 0.25) is 0 Å². The molecule has 0 aliphatic carbocycles. The molecule has 2 heterocycles. The summed E-state index contributed by atoms with van der Waals surface area (Å²) >= 11 is 0. The van der Waals surface area contributed by atoms with Gasteiger partial charge in [-0.05, 0) is 33.2 Å². The molecule has 2 rings (SSSR count). The molecule has 1 spiro atoms. The predicted octanol–water partition coefficient (Wildman–Crippen LogP) is 1.08. The molecule has 0 radical (unpaired) electrons. The summed E-state index contributed by atoms with van der Waals surface area (Å²) in [5.41, 5.74) is -0.460. The van der Waals surface area contributed by atoms with Crippen LogP contribution in [0.2, 0.25) is 0 Å². The summed E-state index contributed by atoms with van der Waals surface area (Å²) in [6, 6.07) is 0. The van der Waals surface area contributed by atoms with Crippen LogP contribution in [0.25, 0.3) is 0 Å². The van der Waals surface area contributed by atoms with E-state index in [9.17, 15) is 4.79 Å². The molecule has 2 saturated heterocycles. The van der Waals surface area contributed by atoms with Crippen molar-refractivity contribution < 1.29 is 9.53 Å². The highest BCUT2D eigenvalue weighted by Gasteiger charge is 2.52. The van der Waals surface area contributed by atoms with Crippen LogP contribution in [0.1, 0.15) is 33.1 Å². The van der Waals surface area contributed by atoms with Gasteiger partial charge in [0, 0.05) is 13.0 Å². The molecule has 2 fully saturated rings. The summed E-state index contributed by atoms with van der Waals surface area (Å²) in [5, 5.41) is 3.28. The Balaban J connectivity index is 2.18. The van der Waals surface area contributed by atoms with E-state index in [2.05, 4.69) is 5.32 Å². The Hall–Kier alpha value is -0.570. The van der Waals surface area contributed by atoms with Gasteiger partial charge in [0.25, 0.3) is 0 Å². The average Bonchev–Trinajstić information content (AvgIpc) is 2.23. The van der Waals surface area contributed by atoms with Crippen LogP contribution >= 0.6 is 0 Å². The number of nitrogens with one attached hydrogen (secondary N) is 1. The van der Waals surface area contributed by atoms with Gasteiger partial charge in [0.15, 0.2) is 0 Å². The molecule has 0 aromatic rings. The molecule has 2 aliphatic rings. The second-order valence-corrected chi connectivity index (χ2v) is 4.89. The maximum Gasteiger partial charge on any atom is 0.314 e. The van der Waals surface area contributed by atoms with E-state index in [1.807, 2.05) is 13.8 Å². The summed E-state index contributed by atoms with van der Waals surface area (Å²) < 4.78 is 5.36. The van der Waals surface area contributed by atoms with Gasteiger partial charge >= 0.3 is 5.97 Å². The van der Waals surface area contributed by atoms with Crippen LogP contribution in [0.5, 0.6) is 0 Å². The first-order chi connectivity index (χ1) is 6.04. The van der Waals surface area contributed by atoms with E-state index in [-0.39, 0.29) is 17.0 Å². The molecule has 2 aliphatic heterocycles. The van der Waals surface area contributed by atoms with Gasteiger partial charge in [-0.3, -0.25) is 4.79 Å². The third kappa shape index (κ3) is 1.46. The standard InChI is InChI=1S/C10H17NO2/c1-9(2)6-10(8(12)13-9)4-3-5-11-7-10/h11H,3-7H2,1-2H3. The maximum atomic E-state index is 11.7. The number of rotatable bonds is 0. The maximum absolute atomic E-state index is 11.7. The number of hydrogen-bond acceptors (Lipinski definition) is 3. The van der Waals surface area contributed by atoms with Crippen molar-refractivity contribution in [1.82, 2.24) is 5.32 Å². The first kappa shape index (κ1) is 9.00. The van der Waals surface area contributed by atoms with E-state index in [0.717, 1.165) is 32.4 Å². The Labute approximate surface area is 78.8 Å². The van der Waals surface area contributed by atoms with Crippen molar-refractivity contribution in [2.45, 2.75) is 38.7 Å². The number of cyclic esters (lactones) is 1. The van der Waals surface area contributed by atoms with Crippen LogP contribution in [0.3, 0.4) is 0 Å². The van der Waals surface area contributed by atoms with Crippen molar-refractivity contribution in [3.05, 3.63) is 0 Å². The Bertz CT molecular complexity index is 229. The number of hydrogen-bond donors (Lipinski definition) is 1. The lowest BCUT2D eigenvalue weighted by atomic mass is 9.76. The third-order valence-corrected chi connectivity index (χ3v) is 3.04. The fourth-order valence-electron chi connectivity index (χ4n) is 2.58. The van der Waals surface area contributed by atoms with Crippen LogP contribution in [0.4, 0.5) is 0 Å². The van der Waals surface area contributed by atoms with Gasteiger partial charge in [0.1, 0.15) is 5.60 Å². The van der Waals surface area contributed by atoms with Gasteiger partial charge < -0.3 is 10.1 Å². The third-order valence-electron chi connectivity index (χ3n) is 3.04. The van der Waals surface area contributed by atoms with E-state index in [1.165, 1.54) is 0 Å². The molecular weight excluding hydrogens is 166 g/mol. The SMILES string of the molecule is CC1(C)CC2(CCCNC2)C(=O)O1. The zero-order chi connectivity index (χ0) is 9.53. The van der Waals surface area contributed by atoms with Crippen molar-refractivity contribution >= 4 is 5.97 Å². The van der Waals surface area contributed by atoms with Crippen LogP contribution in [0, 0.1) is 5.41 Å². The lowest BCUT2D eigenvalue weighted by Crippen LogP contribution is -2.43. The summed E-state index contributed by atoms with van der Waals surface area (Å²) in [7, 11) is 0. The summed E-state index contributed by atoms with van der Waals surface area (Å²) in [6.07, 6.45) is 2.94. The summed E-state index contributed by atoms with van der Waals surface area (Å²) in [6.45, 7) is 5.83. The lowest BCUT2D eigenvalue weighted by Gasteiger charge is -2.30. The minimum atomic E-state index is -0.254. The van der Waals surface area contributed by atoms with Crippen molar-refractivity contribution in [2.75, 3.05) is 13.1 Å². The Morgan fingerprint density at radius 1 is 1.46 bits per heavy atom. The number of carbonyl (C=O) groups is 1. The minimum absolute atomic E-state index is 0.00435. The van der Waals surface area contributed by atoms with E-state index in [4.69, 9.17) is 4.74 Å². The molecule has 3 heteroatoms. The molecule has 0 aromatic heterocycles. The normalized spacial score (nSPS) is 37.8. The van der Waals surface area contributed by atoms with Gasteiger partial charge in [0.05, 0.1) is 5.41 Å². The Morgan fingerprint density at radius 3 is 2.69 bits per heavy atom. The highest BCUT2D eigenvalue weighted by Crippen LogP contribution is 2.44. The van der Waals surface area contributed by atoms with E-state index >= 15 is 0 Å². The molecule has 1 atom stereocenters. The van der Waals surface area contributed by atoms with Crippen molar-refractivity contribution in [2.24, 2.45) is 5.41 Å². The highest BCUT2D eigenvalue weighted by molar-refractivity contribution is 5.80. The molecule has 1 unspecified atom stereocenters. The molecule has 1 N–H and O–H groups in total. The number of carbonyl (C=O) groups excluding carboxylic acids is 1. The lowest BCUT2D eigenvalue weighted by molar-refractivity contribution is -0.152. The van der Waals surface area contributed by atoms with Crippen molar-refractivity contribution in [3.8, 4) is 0 Å². The monoisotopic (exact) mass is 183 g/mol. The Morgan fingerprint density at radius 2 is 2.23 bits per heavy atom. The predicted molar refractivity (Wildman–Crippen MR) is 49.3 cm³/mol.